The minimum absolute atomic E-state index is 0.0274. The van der Waals surface area contributed by atoms with Gasteiger partial charge in [-0.05, 0) is 38.0 Å². The molecule has 28 heavy (non-hydrogen) atoms. The van der Waals surface area contributed by atoms with Gasteiger partial charge in [0.25, 0.3) is 0 Å². The fourth-order valence-corrected chi connectivity index (χ4v) is 4.76. The van der Waals surface area contributed by atoms with Crippen LogP contribution < -0.4 is 4.90 Å². The SMILES string of the molecule is CC(=O)c1ccc(N2CCN(C(=O)C3CCCN(S(C)(=O)=O)C3)CC2)c(F)c1. The molecule has 9 heteroatoms. The number of sulfonamides is 1. The summed E-state index contributed by atoms with van der Waals surface area (Å²) in [5, 5.41) is 0. The Hall–Kier alpha value is -2.00. The highest BCUT2D eigenvalue weighted by molar-refractivity contribution is 7.88. The number of benzene rings is 1. The number of piperidine rings is 1. The van der Waals surface area contributed by atoms with Crippen molar-refractivity contribution in [3.63, 3.8) is 0 Å². The zero-order chi connectivity index (χ0) is 20.5. The van der Waals surface area contributed by atoms with Gasteiger partial charge in [-0.25, -0.2) is 17.1 Å². The molecule has 1 aromatic rings. The molecule has 1 aromatic carbocycles. The van der Waals surface area contributed by atoms with Crippen LogP contribution in [0.2, 0.25) is 0 Å². The smallest absolute Gasteiger partial charge is 0.227 e. The highest BCUT2D eigenvalue weighted by Crippen LogP contribution is 2.25. The fraction of sp³-hybridized carbons (Fsp3) is 0.579. The van der Waals surface area contributed by atoms with Gasteiger partial charge in [0.05, 0.1) is 17.9 Å². The molecule has 2 aliphatic rings. The van der Waals surface area contributed by atoms with Gasteiger partial charge in [-0.3, -0.25) is 9.59 Å². The van der Waals surface area contributed by atoms with Gasteiger partial charge in [-0.1, -0.05) is 0 Å². The van der Waals surface area contributed by atoms with Crippen molar-refractivity contribution in [2.24, 2.45) is 5.92 Å². The van der Waals surface area contributed by atoms with Gasteiger partial charge >= 0.3 is 0 Å². The maximum absolute atomic E-state index is 14.4. The van der Waals surface area contributed by atoms with E-state index in [1.54, 1.807) is 17.0 Å². The first-order valence-electron chi connectivity index (χ1n) is 9.46. The molecule has 0 bridgehead atoms. The third-order valence-corrected chi connectivity index (χ3v) is 6.76. The van der Waals surface area contributed by atoms with E-state index in [9.17, 15) is 22.4 Å². The number of hydrogen-bond acceptors (Lipinski definition) is 5. The number of anilines is 1. The van der Waals surface area contributed by atoms with Crippen molar-refractivity contribution in [1.29, 1.82) is 0 Å². The third kappa shape index (κ3) is 4.52. The van der Waals surface area contributed by atoms with Crippen LogP contribution in [0.3, 0.4) is 0 Å². The van der Waals surface area contributed by atoms with Crippen LogP contribution in [0.15, 0.2) is 18.2 Å². The normalized spacial score (nSPS) is 21.6. The van der Waals surface area contributed by atoms with Gasteiger partial charge in [-0.15, -0.1) is 0 Å². The summed E-state index contributed by atoms with van der Waals surface area (Å²) in [6.45, 7) is 4.00. The van der Waals surface area contributed by atoms with E-state index in [4.69, 9.17) is 0 Å². The molecular weight excluding hydrogens is 385 g/mol. The molecule has 2 fully saturated rings. The number of Topliss-reactive ketones (excluding diaryl/α,β-unsaturated/α-hetero) is 1. The van der Waals surface area contributed by atoms with E-state index in [-0.39, 0.29) is 24.2 Å². The quantitative estimate of drug-likeness (QED) is 0.699. The Bertz CT molecular complexity index is 866. The molecule has 7 nitrogen and oxygen atoms in total. The van der Waals surface area contributed by atoms with E-state index < -0.39 is 15.8 Å². The molecule has 2 saturated heterocycles. The van der Waals surface area contributed by atoms with Crippen LogP contribution >= 0.6 is 0 Å². The van der Waals surface area contributed by atoms with Crippen LogP contribution in [0.4, 0.5) is 10.1 Å². The molecule has 0 N–H and O–H groups in total. The van der Waals surface area contributed by atoms with Crippen molar-refractivity contribution in [3.05, 3.63) is 29.6 Å². The Balaban J connectivity index is 1.61. The van der Waals surface area contributed by atoms with Crippen LogP contribution in [0.1, 0.15) is 30.1 Å². The van der Waals surface area contributed by atoms with Gasteiger partial charge in [0.2, 0.25) is 15.9 Å². The molecule has 0 saturated carbocycles. The highest BCUT2D eigenvalue weighted by Gasteiger charge is 2.34. The second kappa shape index (κ2) is 8.16. The number of ketones is 1. The van der Waals surface area contributed by atoms with Crippen LogP contribution in [-0.2, 0) is 14.8 Å². The molecule has 0 aliphatic carbocycles. The second-order valence-electron chi connectivity index (χ2n) is 7.49. The molecular formula is C19H26FN3O4S. The number of piperazine rings is 1. The standard InChI is InChI=1S/C19H26FN3O4S/c1-14(24)15-5-6-18(17(20)12-15)21-8-10-22(11-9-21)19(25)16-4-3-7-23(13-16)28(2,26)27/h5-6,12,16H,3-4,7-11,13H2,1-2H3. The molecule has 2 heterocycles. The maximum Gasteiger partial charge on any atom is 0.227 e. The third-order valence-electron chi connectivity index (χ3n) is 5.49. The number of carbonyl (C=O) groups excluding carboxylic acids is 2. The average molecular weight is 411 g/mol. The topological polar surface area (TPSA) is 78.0 Å². The lowest BCUT2D eigenvalue weighted by atomic mass is 9.97. The number of hydrogen-bond donors (Lipinski definition) is 0. The van der Waals surface area contributed by atoms with Crippen LogP contribution in [0, 0.1) is 11.7 Å². The molecule has 0 radical (unpaired) electrons. The van der Waals surface area contributed by atoms with Crippen LogP contribution in [0.5, 0.6) is 0 Å². The van der Waals surface area contributed by atoms with Crippen LogP contribution in [0.25, 0.3) is 0 Å². The van der Waals surface area contributed by atoms with Crippen molar-refractivity contribution in [3.8, 4) is 0 Å². The van der Waals surface area contributed by atoms with E-state index >= 15 is 0 Å². The number of amides is 1. The number of rotatable bonds is 4. The van der Waals surface area contributed by atoms with Crippen LogP contribution in [-0.4, -0.2) is 74.8 Å². The van der Waals surface area contributed by atoms with Gasteiger partial charge in [0.1, 0.15) is 5.82 Å². The summed E-state index contributed by atoms with van der Waals surface area (Å²) in [5.41, 5.74) is 0.765. The lowest BCUT2D eigenvalue weighted by Crippen LogP contribution is -2.53. The summed E-state index contributed by atoms with van der Waals surface area (Å²) >= 11 is 0. The summed E-state index contributed by atoms with van der Waals surface area (Å²) in [4.78, 5) is 27.8. The monoisotopic (exact) mass is 411 g/mol. The van der Waals surface area contributed by atoms with Gasteiger partial charge in [0, 0.05) is 44.8 Å². The maximum atomic E-state index is 14.4. The molecule has 2 aliphatic heterocycles. The number of carbonyl (C=O) groups is 2. The summed E-state index contributed by atoms with van der Waals surface area (Å²) in [7, 11) is -3.29. The van der Waals surface area contributed by atoms with E-state index in [0.717, 1.165) is 0 Å². The molecule has 1 unspecified atom stereocenters. The van der Waals surface area contributed by atoms with Gasteiger partial charge in [0.15, 0.2) is 5.78 Å². The Morgan fingerprint density at radius 2 is 1.79 bits per heavy atom. The molecule has 1 amide bonds. The zero-order valence-corrected chi connectivity index (χ0v) is 17.0. The first kappa shape index (κ1) is 20.7. The van der Waals surface area contributed by atoms with Gasteiger partial charge < -0.3 is 9.80 Å². The minimum Gasteiger partial charge on any atom is -0.366 e. The molecule has 154 valence electrons. The number of halogens is 1. The van der Waals surface area contributed by atoms with Crippen molar-refractivity contribution in [2.75, 3.05) is 50.4 Å². The molecule has 0 spiro atoms. The summed E-state index contributed by atoms with van der Waals surface area (Å²) in [6, 6.07) is 4.46. The second-order valence-corrected chi connectivity index (χ2v) is 9.48. The zero-order valence-electron chi connectivity index (χ0n) is 16.2. The largest absolute Gasteiger partial charge is 0.366 e. The van der Waals surface area contributed by atoms with Crippen molar-refractivity contribution >= 4 is 27.4 Å². The Labute approximate surface area is 165 Å². The molecule has 3 rings (SSSR count). The Kier molecular flexibility index (Phi) is 6.04. The Morgan fingerprint density at radius 3 is 2.36 bits per heavy atom. The number of nitrogens with zero attached hydrogens (tertiary/aromatic N) is 3. The van der Waals surface area contributed by atoms with Crippen molar-refractivity contribution in [2.45, 2.75) is 19.8 Å². The van der Waals surface area contributed by atoms with Gasteiger partial charge in [-0.2, -0.15) is 0 Å². The first-order chi connectivity index (χ1) is 13.2. The predicted octanol–water partition coefficient (Wildman–Crippen LogP) is 1.35. The lowest BCUT2D eigenvalue weighted by Gasteiger charge is -2.39. The van der Waals surface area contributed by atoms with E-state index in [1.165, 1.54) is 23.6 Å². The predicted molar refractivity (Wildman–Crippen MR) is 104 cm³/mol. The highest BCUT2D eigenvalue weighted by atomic mass is 32.2. The Morgan fingerprint density at radius 1 is 1.11 bits per heavy atom. The van der Waals surface area contributed by atoms with Crippen molar-refractivity contribution < 1.29 is 22.4 Å². The van der Waals surface area contributed by atoms with Crippen molar-refractivity contribution in [1.82, 2.24) is 9.21 Å². The van der Waals surface area contributed by atoms with E-state index in [1.807, 2.05) is 4.90 Å². The van der Waals surface area contributed by atoms with E-state index in [0.29, 0.717) is 56.8 Å². The average Bonchev–Trinajstić information content (AvgIpc) is 2.67. The minimum atomic E-state index is -3.29. The lowest BCUT2D eigenvalue weighted by molar-refractivity contribution is -0.137. The molecule has 1 atom stereocenters. The molecule has 0 aromatic heterocycles. The first-order valence-corrected chi connectivity index (χ1v) is 11.3. The van der Waals surface area contributed by atoms with E-state index in [2.05, 4.69) is 0 Å². The summed E-state index contributed by atoms with van der Waals surface area (Å²) in [5.74, 6) is -0.970. The summed E-state index contributed by atoms with van der Waals surface area (Å²) < 4.78 is 39.3. The summed E-state index contributed by atoms with van der Waals surface area (Å²) in [6.07, 6.45) is 2.54. The fourth-order valence-electron chi connectivity index (χ4n) is 3.85.